The van der Waals surface area contributed by atoms with Crippen LogP contribution in [0.4, 0.5) is 0 Å². The molecule has 1 fully saturated rings. The summed E-state index contributed by atoms with van der Waals surface area (Å²) in [6.45, 7) is 2.23. The number of aromatic nitrogens is 3. The molecule has 1 aliphatic carbocycles. The van der Waals surface area contributed by atoms with Crippen LogP contribution < -0.4 is 5.32 Å². The smallest absolute Gasteiger partial charge is 0.230 e. The van der Waals surface area contributed by atoms with E-state index in [1.807, 2.05) is 11.6 Å². The molecular formula is C15H26N4OS. The van der Waals surface area contributed by atoms with E-state index in [0.717, 1.165) is 30.2 Å². The highest BCUT2D eigenvalue weighted by Crippen LogP contribution is 2.20. The molecule has 5 nitrogen and oxygen atoms in total. The highest BCUT2D eigenvalue weighted by Gasteiger charge is 2.23. The average molecular weight is 310 g/mol. The topological polar surface area (TPSA) is 59.8 Å². The molecule has 0 atom stereocenters. The number of thioether (sulfide) groups is 1. The Hall–Kier alpha value is -1.04. The molecule has 2 rings (SSSR count). The first kappa shape index (κ1) is 16.3. The maximum absolute atomic E-state index is 11.7. The van der Waals surface area contributed by atoms with Gasteiger partial charge in [-0.25, -0.2) is 0 Å². The predicted molar refractivity (Wildman–Crippen MR) is 85.4 cm³/mol. The molecule has 1 heterocycles. The average Bonchev–Trinajstić information content (AvgIpc) is 3.21. The highest BCUT2D eigenvalue weighted by molar-refractivity contribution is 7.99. The minimum absolute atomic E-state index is 0.103. The lowest BCUT2D eigenvalue weighted by molar-refractivity contribution is -0.118. The van der Waals surface area contributed by atoms with Gasteiger partial charge in [-0.3, -0.25) is 4.79 Å². The van der Waals surface area contributed by atoms with Crippen LogP contribution >= 0.6 is 11.8 Å². The van der Waals surface area contributed by atoms with Crippen LogP contribution in [0.2, 0.25) is 0 Å². The van der Waals surface area contributed by atoms with Crippen molar-refractivity contribution in [3.8, 4) is 0 Å². The first-order valence-corrected chi connectivity index (χ1v) is 8.99. The number of hydrogen-bond acceptors (Lipinski definition) is 4. The van der Waals surface area contributed by atoms with Gasteiger partial charge in [0, 0.05) is 19.5 Å². The maximum Gasteiger partial charge on any atom is 0.230 e. The number of carbonyl (C=O) groups is 1. The third-order valence-corrected chi connectivity index (χ3v) is 4.72. The molecule has 0 spiro atoms. The van der Waals surface area contributed by atoms with Crippen molar-refractivity contribution in [2.75, 3.05) is 5.75 Å². The number of amides is 1. The van der Waals surface area contributed by atoms with Crippen molar-refractivity contribution < 1.29 is 4.79 Å². The van der Waals surface area contributed by atoms with E-state index in [4.69, 9.17) is 0 Å². The third-order valence-electron chi connectivity index (χ3n) is 3.70. The van der Waals surface area contributed by atoms with Crippen molar-refractivity contribution in [2.24, 2.45) is 7.05 Å². The predicted octanol–water partition coefficient (Wildman–Crippen LogP) is 2.70. The number of nitrogens with zero attached hydrogens (tertiary/aromatic N) is 3. The van der Waals surface area contributed by atoms with E-state index in [-0.39, 0.29) is 5.91 Å². The van der Waals surface area contributed by atoms with Gasteiger partial charge in [-0.1, -0.05) is 44.4 Å². The second-order valence-electron chi connectivity index (χ2n) is 5.75. The third kappa shape index (κ3) is 5.69. The van der Waals surface area contributed by atoms with Crippen molar-refractivity contribution in [3.63, 3.8) is 0 Å². The summed E-state index contributed by atoms with van der Waals surface area (Å²) in [7, 11) is 1.99. The minimum atomic E-state index is 0.103. The van der Waals surface area contributed by atoms with Crippen molar-refractivity contribution in [3.05, 3.63) is 5.82 Å². The molecule has 21 heavy (non-hydrogen) atoms. The Labute approximate surface area is 131 Å². The molecule has 1 saturated carbocycles. The Morgan fingerprint density at radius 1 is 1.29 bits per heavy atom. The lowest BCUT2D eigenvalue weighted by atomic mass is 10.1. The zero-order valence-electron chi connectivity index (χ0n) is 13.1. The van der Waals surface area contributed by atoms with Crippen LogP contribution in [-0.4, -0.2) is 32.5 Å². The Morgan fingerprint density at radius 2 is 2.05 bits per heavy atom. The van der Waals surface area contributed by atoms with Crippen molar-refractivity contribution in [1.82, 2.24) is 20.1 Å². The maximum atomic E-state index is 11.7. The molecule has 0 aromatic carbocycles. The van der Waals surface area contributed by atoms with E-state index in [2.05, 4.69) is 22.4 Å². The fourth-order valence-electron chi connectivity index (χ4n) is 2.20. The van der Waals surface area contributed by atoms with Gasteiger partial charge in [0.1, 0.15) is 5.82 Å². The first-order chi connectivity index (χ1) is 10.2. The van der Waals surface area contributed by atoms with Gasteiger partial charge in [0.25, 0.3) is 0 Å². The number of rotatable bonds is 10. The molecule has 0 bridgehead atoms. The molecule has 1 aliphatic rings. The van der Waals surface area contributed by atoms with Crippen LogP contribution in [-0.2, 0) is 18.3 Å². The first-order valence-electron chi connectivity index (χ1n) is 8.01. The second-order valence-corrected chi connectivity index (χ2v) is 6.69. The van der Waals surface area contributed by atoms with Crippen LogP contribution in [0.3, 0.4) is 0 Å². The number of carbonyl (C=O) groups excluding carboxylic acids is 1. The summed E-state index contributed by atoms with van der Waals surface area (Å²) in [6, 6.07) is 0.427. The fourth-order valence-corrected chi connectivity index (χ4v) is 2.94. The largest absolute Gasteiger partial charge is 0.353 e. The van der Waals surface area contributed by atoms with Crippen molar-refractivity contribution in [1.29, 1.82) is 0 Å². The molecule has 1 amide bonds. The standard InChI is InChI=1S/C15H26N4OS/c1-3-4-5-6-7-8-13-17-18-15(19(13)2)21-11-14(20)16-12-9-10-12/h12H,3-11H2,1-2H3,(H,16,20). The summed E-state index contributed by atoms with van der Waals surface area (Å²) < 4.78 is 2.02. The van der Waals surface area contributed by atoms with Crippen LogP contribution in [0.15, 0.2) is 5.16 Å². The number of nitrogens with one attached hydrogen (secondary N) is 1. The summed E-state index contributed by atoms with van der Waals surface area (Å²) in [6.07, 6.45) is 9.54. The second kappa shape index (κ2) is 8.41. The minimum Gasteiger partial charge on any atom is -0.353 e. The summed E-state index contributed by atoms with van der Waals surface area (Å²) in [4.78, 5) is 11.7. The van der Waals surface area contributed by atoms with Gasteiger partial charge in [0.15, 0.2) is 5.16 Å². The fraction of sp³-hybridized carbons (Fsp3) is 0.800. The number of hydrogen-bond donors (Lipinski definition) is 1. The van der Waals surface area contributed by atoms with E-state index < -0.39 is 0 Å². The van der Waals surface area contributed by atoms with Crippen molar-refractivity contribution in [2.45, 2.75) is 69.5 Å². The normalized spacial score (nSPS) is 14.4. The Morgan fingerprint density at radius 3 is 2.76 bits per heavy atom. The van der Waals surface area contributed by atoms with E-state index in [9.17, 15) is 4.79 Å². The van der Waals surface area contributed by atoms with Gasteiger partial charge < -0.3 is 9.88 Å². The summed E-state index contributed by atoms with van der Waals surface area (Å²) in [5, 5.41) is 12.3. The summed E-state index contributed by atoms with van der Waals surface area (Å²) in [5.41, 5.74) is 0. The zero-order valence-corrected chi connectivity index (χ0v) is 13.9. The molecule has 0 saturated heterocycles. The Kier molecular flexibility index (Phi) is 6.54. The lowest BCUT2D eigenvalue weighted by Crippen LogP contribution is -2.27. The van der Waals surface area contributed by atoms with Gasteiger partial charge >= 0.3 is 0 Å². The van der Waals surface area contributed by atoms with E-state index >= 15 is 0 Å². The van der Waals surface area contributed by atoms with Gasteiger partial charge in [0.05, 0.1) is 5.75 Å². The van der Waals surface area contributed by atoms with E-state index in [1.54, 1.807) is 0 Å². The van der Waals surface area contributed by atoms with Crippen molar-refractivity contribution >= 4 is 17.7 Å². The van der Waals surface area contributed by atoms with Crippen LogP contribution in [0, 0.1) is 0 Å². The van der Waals surface area contributed by atoms with Crippen LogP contribution in [0.1, 0.15) is 57.7 Å². The Balaban J connectivity index is 1.70. The van der Waals surface area contributed by atoms with Crippen LogP contribution in [0.5, 0.6) is 0 Å². The Bertz CT molecular complexity index is 457. The number of unbranched alkanes of at least 4 members (excludes halogenated alkanes) is 4. The molecule has 1 N–H and O–H groups in total. The number of aryl methyl sites for hydroxylation is 1. The molecule has 0 unspecified atom stereocenters. The quantitative estimate of drug-likeness (QED) is 0.533. The monoisotopic (exact) mass is 310 g/mol. The molecule has 0 radical (unpaired) electrons. The highest BCUT2D eigenvalue weighted by atomic mass is 32.2. The van der Waals surface area contributed by atoms with E-state index in [1.165, 1.54) is 43.9 Å². The molecule has 6 heteroatoms. The van der Waals surface area contributed by atoms with Gasteiger partial charge in [-0.2, -0.15) is 0 Å². The molecule has 0 aliphatic heterocycles. The molecule has 118 valence electrons. The van der Waals surface area contributed by atoms with Gasteiger partial charge in [-0.15, -0.1) is 10.2 Å². The van der Waals surface area contributed by atoms with Crippen LogP contribution in [0.25, 0.3) is 0 Å². The SMILES string of the molecule is CCCCCCCc1nnc(SCC(=O)NC2CC2)n1C. The molecule has 1 aromatic heterocycles. The molecular weight excluding hydrogens is 284 g/mol. The van der Waals surface area contributed by atoms with E-state index in [0.29, 0.717) is 11.8 Å². The molecule has 1 aromatic rings. The summed E-state index contributed by atoms with van der Waals surface area (Å²) >= 11 is 1.47. The van der Waals surface area contributed by atoms with Gasteiger partial charge in [-0.05, 0) is 19.3 Å². The zero-order chi connectivity index (χ0) is 15.1. The lowest BCUT2D eigenvalue weighted by Gasteiger charge is -2.04. The van der Waals surface area contributed by atoms with Gasteiger partial charge in [0.2, 0.25) is 5.91 Å². The summed E-state index contributed by atoms with van der Waals surface area (Å²) in [5.74, 6) is 1.56.